The second-order valence-electron chi connectivity index (χ2n) is 11.0. The average molecular weight is 497 g/mol. The van der Waals surface area contributed by atoms with Crippen LogP contribution in [-0.4, -0.2) is 58.5 Å². The summed E-state index contributed by atoms with van der Waals surface area (Å²) in [5.74, 6) is -1.22. The molecule has 2 aromatic carbocycles. The Morgan fingerprint density at radius 2 is 1.47 bits per heavy atom. The van der Waals surface area contributed by atoms with Gasteiger partial charge in [0, 0.05) is 18.0 Å². The van der Waals surface area contributed by atoms with E-state index < -0.39 is 35.3 Å². The summed E-state index contributed by atoms with van der Waals surface area (Å²) in [5.41, 5.74) is 3.01. The molecule has 0 heterocycles. The number of rotatable bonds is 7. The Hall–Kier alpha value is -3.55. The number of benzene rings is 2. The number of ether oxygens (including phenoxy) is 2. The molecule has 3 rings (SSSR count). The normalized spacial score (nSPS) is 13.8. The van der Waals surface area contributed by atoms with Crippen LogP contribution in [0.15, 0.2) is 48.5 Å². The number of nitrogens with zero attached hydrogens (tertiary/aromatic N) is 1. The minimum absolute atomic E-state index is 0.0467. The van der Waals surface area contributed by atoms with E-state index in [0.29, 0.717) is 0 Å². The SMILES string of the molecule is CC(C)(C)OC(=O)N(CC(CC(=O)O)NC(=O)OCC1c2ccccc2-c2ccccc21)C(C)(C)C. The van der Waals surface area contributed by atoms with Crippen LogP contribution in [0.3, 0.4) is 0 Å². The maximum absolute atomic E-state index is 12.9. The Kier molecular flexibility index (Phi) is 7.96. The summed E-state index contributed by atoms with van der Waals surface area (Å²) in [6, 6.07) is 15.2. The standard InChI is InChI=1S/C28H36N2O6/c1-27(2,3)30(26(34)36-28(4,5)6)16-18(15-24(31)32)29-25(33)35-17-23-21-13-9-7-11-19(21)20-12-8-10-14-22(20)23/h7-14,18,23H,15-17H2,1-6H3,(H,29,33)(H,31,32). The summed E-state index contributed by atoms with van der Waals surface area (Å²) >= 11 is 0. The van der Waals surface area contributed by atoms with Gasteiger partial charge >= 0.3 is 18.2 Å². The number of hydrogen-bond acceptors (Lipinski definition) is 5. The molecule has 194 valence electrons. The fraction of sp³-hybridized carbons (Fsp3) is 0.464. The van der Waals surface area contributed by atoms with E-state index in [0.717, 1.165) is 22.3 Å². The van der Waals surface area contributed by atoms with Crippen LogP contribution < -0.4 is 5.32 Å². The van der Waals surface area contributed by atoms with Gasteiger partial charge in [0.1, 0.15) is 12.2 Å². The molecule has 0 saturated heterocycles. The first-order valence-corrected chi connectivity index (χ1v) is 12.1. The smallest absolute Gasteiger partial charge is 0.410 e. The van der Waals surface area contributed by atoms with Gasteiger partial charge in [-0.2, -0.15) is 0 Å². The van der Waals surface area contributed by atoms with Crippen molar-refractivity contribution in [3.8, 4) is 11.1 Å². The number of carbonyl (C=O) groups excluding carboxylic acids is 2. The maximum atomic E-state index is 12.9. The second-order valence-corrected chi connectivity index (χ2v) is 11.0. The molecular weight excluding hydrogens is 460 g/mol. The first-order valence-electron chi connectivity index (χ1n) is 12.1. The molecular formula is C28H36N2O6. The Balaban J connectivity index is 1.71. The number of fused-ring (bicyclic) bond motifs is 3. The lowest BCUT2D eigenvalue weighted by molar-refractivity contribution is -0.137. The van der Waals surface area contributed by atoms with Crippen molar-refractivity contribution in [1.29, 1.82) is 0 Å². The first kappa shape index (κ1) is 27.0. The third kappa shape index (κ3) is 6.77. The number of carboxylic acid groups (broad SMARTS) is 1. The minimum Gasteiger partial charge on any atom is -0.481 e. The van der Waals surface area contributed by atoms with Crippen molar-refractivity contribution >= 4 is 18.2 Å². The number of amides is 2. The van der Waals surface area contributed by atoms with Crippen molar-refractivity contribution < 1.29 is 29.0 Å². The van der Waals surface area contributed by atoms with Crippen molar-refractivity contribution in [2.45, 2.75) is 71.1 Å². The summed E-state index contributed by atoms with van der Waals surface area (Å²) in [6.45, 7) is 10.8. The zero-order valence-corrected chi connectivity index (χ0v) is 21.8. The minimum atomic E-state index is -1.10. The molecule has 0 radical (unpaired) electrons. The van der Waals surface area contributed by atoms with E-state index in [-0.39, 0.29) is 25.5 Å². The number of aliphatic carboxylic acids is 1. The van der Waals surface area contributed by atoms with Crippen LogP contribution in [0.2, 0.25) is 0 Å². The van der Waals surface area contributed by atoms with Gasteiger partial charge in [0.05, 0.1) is 12.5 Å². The average Bonchev–Trinajstić information content (AvgIpc) is 3.07. The molecule has 36 heavy (non-hydrogen) atoms. The van der Waals surface area contributed by atoms with Crippen LogP contribution >= 0.6 is 0 Å². The van der Waals surface area contributed by atoms with E-state index >= 15 is 0 Å². The van der Waals surface area contributed by atoms with Gasteiger partial charge in [-0.25, -0.2) is 9.59 Å². The molecule has 0 spiro atoms. The molecule has 0 fully saturated rings. The number of carbonyl (C=O) groups is 3. The molecule has 1 unspecified atom stereocenters. The third-order valence-corrected chi connectivity index (χ3v) is 5.91. The number of alkyl carbamates (subject to hydrolysis) is 1. The predicted molar refractivity (Wildman–Crippen MR) is 137 cm³/mol. The van der Waals surface area contributed by atoms with Crippen molar-refractivity contribution in [2.24, 2.45) is 0 Å². The highest BCUT2D eigenvalue weighted by atomic mass is 16.6. The van der Waals surface area contributed by atoms with Gasteiger partial charge in [-0.15, -0.1) is 0 Å². The fourth-order valence-electron chi connectivity index (χ4n) is 4.34. The van der Waals surface area contributed by atoms with E-state index in [9.17, 15) is 19.5 Å². The van der Waals surface area contributed by atoms with Gasteiger partial charge in [-0.3, -0.25) is 4.79 Å². The number of carboxylic acids is 1. The maximum Gasteiger partial charge on any atom is 0.410 e. The fourth-order valence-corrected chi connectivity index (χ4v) is 4.34. The molecule has 0 bridgehead atoms. The largest absolute Gasteiger partial charge is 0.481 e. The van der Waals surface area contributed by atoms with Crippen molar-refractivity contribution in [3.63, 3.8) is 0 Å². The number of hydrogen-bond donors (Lipinski definition) is 2. The molecule has 2 amide bonds. The van der Waals surface area contributed by atoms with Gasteiger partial charge in [0.15, 0.2) is 0 Å². The van der Waals surface area contributed by atoms with E-state index in [2.05, 4.69) is 17.4 Å². The van der Waals surface area contributed by atoms with Gasteiger partial charge in [-0.05, 0) is 63.8 Å². The van der Waals surface area contributed by atoms with Crippen LogP contribution in [0.1, 0.15) is 65.0 Å². The van der Waals surface area contributed by atoms with E-state index in [1.54, 1.807) is 20.8 Å². The molecule has 2 N–H and O–H groups in total. The lowest BCUT2D eigenvalue weighted by Gasteiger charge is -2.38. The lowest BCUT2D eigenvalue weighted by Crippen LogP contribution is -2.54. The Morgan fingerprint density at radius 3 is 1.94 bits per heavy atom. The molecule has 0 aliphatic heterocycles. The summed E-state index contributed by atoms with van der Waals surface area (Å²) in [7, 11) is 0. The molecule has 1 aliphatic rings. The Bertz CT molecular complexity index is 1070. The molecule has 0 saturated carbocycles. The predicted octanol–water partition coefficient (Wildman–Crippen LogP) is 5.40. The Morgan fingerprint density at radius 1 is 0.944 bits per heavy atom. The molecule has 2 aromatic rings. The summed E-state index contributed by atoms with van der Waals surface area (Å²) in [6.07, 6.45) is -1.69. The second kappa shape index (κ2) is 10.6. The van der Waals surface area contributed by atoms with E-state index in [1.165, 1.54) is 4.90 Å². The first-order chi connectivity index (χ1) is 16.8. The van der Waals surface area contributed by atoms with Crippen molar-refractivity contribution in [1.82, 2.24) is 10.2 Å². The van der Waals surface area contributed by atoms with Gasteiger partial charge < -0.3 is 24.8 Å². The highest BCUT2D eigenvalue weighted by Crippen LogP contribution is 2.44. The van der Waals surface area contributed by atoms with Crippen molar-refractivity contribution in [2.75, 3.05) is 13.2 Å². The van der Waals surface area contributed by atoms with Crippen LogP contribution in [0, 0.1) is 0 Å². The van der Waals surface area contributed by atoms with E-state index in [1.807, 2.05) is 57.2 Å². The molecule has 8 nitrogen and oxygen atoms in total. The molecule has 1 aliphatic carbocycles. The summed E-state index contributed by atoms with van der Waals surface area (Å²) in [5, 5.41) is 12.1. The topological polar surface area (TPSA) is 105 Å². The molecule has 8 heteroatoms. The molecule has 1 atom stereocenters. The Labute approximate surface area is 212 Å². The van der Waals surface area contributed by atoms with Crippen LogP contribution in [0.5, 0.6) is 0 Å². The van der Waals surface area contributed by atoms with Crippen LogP contribution in [0.4, 0.5) is 9.59 Å². The van der Waals surface area contributed by atoms with Gasteiger partial charge in [0.2, 0.25) is 0 Å². The highest BCUT2D eigenvalue weighted by Gasteiger charge is 2.34. The zero-order chi connectivity index (χ0) is 26.7. The van der Waals surface area contributed by atoms with Crippen molar-refractivity contribution in [3.05, 3.63) is 59.7 Å². The summed E-state index contributed by atoms with van der Waals surface area (Å²) in [4.78, 5) is 38.6. The lowest BCUT2D eigenvalue weighted by atomic mass is 9.98. The van der Waals surface area contributed by atoms with Crippen LogP contribution in [-0.2, 0) is 14.3 Å². The third-order valence-electron chi connectivity index (χ3n) is 5.91. The highest BCUT2D eigenvalue weighted by molar-refractivity contribution is 5.79. The molecule has 0 aromatic heterocycles. The zero-order valence-electron chi connectivity index (χ0n) is 21.8. The van der Waals surface area contributed by atoms with E-state index in [4.69, 9.17) is 9.47 Å². The monoisotopic (exact) mass is 496 g/mol. The quantitative estimate of drug-likeness (QED) is 0.531. The van der Waals surface area contributed by atoms with Gasteiger partial charge in [-0.1, -0.05) is 48.5 Å². The van der Waals surface area contributed by atoms with Gasteiger partial charge in [0.25, 0.3) is 0 Å². The summed E-state index contributed by atoms with van der Waals surface area (Å²) < 4.78 is 11.1. The number of nitrogens with one attached hydrogen (secondary N) is 1. The van der Waals surface area contributed by atoms with Crippen LogP contribution in [0.25, 0.3) is 11.1 Å².